The number of aromatic nitrogens is 2. The van der Waals surface area contributed by atoms with Crippen molar-refractivity contribution in [2.24, 2.45) is 0 Å². The summed E-state index contributed by atoms with van der Waals surface area (Å²) in [5.74, 6) is 0.236. The fraction of sp³-hybridized carbons (Fsp3) is 0.0455. The van der Waals surface area contributed by atoms with Crippen molar-refractivity contribution in [3.05, 3.63) is 88.7 Å². The van der Waals surface area contributed by atoms with E-state index >= 15 is 0 Å². The van der Waals surface area contributed by atoms with Crippen LogP contribution in [0.5, 0.6) is 5.75 Å². The van der Waals surface area contributed by atoms with Crippen LogP contribution in [-0.4, -0.2) is 27.9 Å². The molecule has 1 N–H and O–H groups in total. The molecule has 0 saturated carbocycles. The van der Waals surface area contributed by atoms with Crippen molar-refractivity contribution in [2.75, 3.05) is 12.4 Å². The summed E-state index contributed by atoms with van der Waals surface area (Å²) >= 11 is 0. The van der Waals surface area contributed by atoms with Crippen molar-refractivity contribution >= 4 is 28.2 Å². The lowest BCUT2D eigenvalue weighted by Gasteiger charge is -2.11. The molecule has 0 aliphatic heterocycles. The van der Waals surface area contributed by atoms with Crippen molar-refractivity contribution in [3.63, 3.8) is 0 Å². The molecule has 2 aromatic heterocycles. The van der Waals surface area contributed by atoms with E-state index in [1.165, 1.54) is 12.3 Å². The van der Waals surface area contributed by atoms with E-state index < -0.39 is 10.8 Å². The van der Waals surface area contributed by atoms with Crippen LogP contribution in [0.4, 0.5) is 11.4 Å². The lowest BCUT2D eigenvalue weighted by atomic mass is 10.0. The van der Waals surface area contributed by atoms with E-state index in [-0.39, 0.29) is 11.4 Å². The Hall–Kier alpha value is -4.33. The van der Waals surface area contributed by atoms with Crippen LogP contribution in [0.25, 0.3) is 22.2 Å². The van der Waals surface area contributed by atoms with Crippen molar-refractivity contribution < 1.29 is 14.5 Å². The fourth-order valence-electron chi connectivity index (χ4n) is 3.10. The summed E-state index contributed by atoms with van der Waals surface area (Å²) in [7, 11) is 1.59. The second-order valence-corrected chi connectivity index (χ2v) is 6.40. The highest BCUT2D eigenvalue weighted by molar-refractivity contribution is 6.13. The van der Waals surface area contributed by atoms with Crippen LogP contribution in [0.15, 0.2) is 73.1 Å². The van der Waals surface area contributed by atoms with Crippen LogP contribution in [-0.2, 0) is 0 Å². The number of carbonyl (C=O) groups is 1. The highest BCUT2D eigenvalue weighted by Crippen LogP contribution is 2.28. The number of carbonyl (C=O) groups excluding carboxylic acids is 1. The minimum Gasteiger partial charge on any atom is -0.497 e. The van der Waals surface area contributed by atoms with Gasteiger partial charge in [-0.25, -0.2) is 4.98 Å². The van der Waals surface area contributed by atoms with Crippen LogP contribution in [0, 0.1) is 10.1 Å². The van der Waals surface area contributed by atoms with E-state index in [4.69, 9.17) is 4.74 Å². The molecule has 0 radical (unpaired) electrons. The molecule has 0 aliphatic carbocycles. The number of pyridine rings is 2. The monoisotopic (exact) mass is 400 g/mol. The van der Waals surface area contributed by atoms with Gasteiger partial charge in [0.25, 0.3) is 5.91 Å². The maximum atomic E-state index is 13.1. The van der Waals surface area contributed by atoms with Gasteiger partial charge in [-0.15, -0.1) is 0 Å². The van der Waals surface area contributed by atoms with E-state index in [2.05, 4.69) is 15.3 Å². The third kappa shape index (κ3) is 3.66. The minimum atomic E-state index is -0.587. The number of anilines is 1. The van der Waals surface area contributed by atoms with Gasteiger partial charge in [-0.2, -0.15) is 0 Å². The van der Waals surface area contributed by atoms with Gasteiger partial charge in [-0.3, -0.25) is 19.9 Å². The summed E-state index contributed by atoms with van der Waals surface area (Å²) in [6.45, 7) is 0. The second kappa shape index (κ2) is 7.96. The molecule has 30 heavy (non-hydrogen) atoms. The maximum Gasteiger partial charge on any atom is 0.310 e. The normalized spacial score (nSPS) is 10.6. The molecule has 0 unspecified atom stereocenters. The molecule has 1 amide bonds. The van der Waals surface area contributed by atoms with Crippen LogP contribution in [0.1, 0.15) is 10.4 Å². The van der Waals surface area contributed by atoms with Crippen molar-refractivity contribution in [1.29, 1.82) is 0 Å². The van der Waals surface area contributed by atoms with Crippen molar-refractivity contribution in [3.8, 4) is 17.0 Å². The number of benzene rings is 2. The molecule has 8 heteroatoms. The largest absolute Gasteiger partial charge is 0.497 e. The van der Waals surface area contributed by atoms with Crippen LogP contribution in [0.3, 0.4) is 0 Å². The molecule has 4 rings (SSSR count). The average Bonchev–Trinajstić information content (AvgIpc) is 2.78. The average molecular weight is 400 g/mol. The fourth-order valence-corrected chi connectivity index (χ4v) is 3.10. The molecule has 4 aromatic rings. The van der Waals surface area contributed by atoms with E-state index in [1.807, 2.05) is 42.5 Å². The Labute approximate surface area is 171 Å². The number of amides is 1. The minimum absolute atomic E-state index is 0.0758. The molecule has 0 atom stereocenters. The summed E-state index contributed by atoms with van der Waals surface area (Å²) in [6.07, 6.45) is 2.49. The Morgan fingerprint density at radius 3 is 2.60 bits per heavy atom. The van der Waals surface area contributed by atoms with Gasteiger partial charge in [0.15, 0.2) is 0 Å². The van der Waals surface area contributed by atoms with Crippen molar-refractivity contribution in [1.82, 2.24) is 9.97 Å². The van der Waals surface area contributed by atoms with Gasteiger partial charge in [0, 0.05) is 17.1 Å². The van der Waals surface area contributed by atoms with Gasteiger partial charge < -0.3 is 10.1 Å². The first-order valence-corrected chi connectivity index (χ1v) is 9.01. The zero-order valence-corrected chi connectivity index (χ0v) is 15.9. The van der Waals surface area contributed by atoms with E-state index in [0.717, 1.165) is 11.8 Å². The smallest absolute Gasteiger partial charge is 0.310 e. The molecule has 0 saturated heterocycles. The lowest BCUT2D eigenvalue weighted by molar-refractivity contribution is -0.384. The molecule has 0 spiro atoms. The summed E-state index contributed by atoms with van der Waals surface area (Å²) in [4.78, 5) is 32.1. The Morgan fingerprint density at radius 2 is 1.87 bits per heavy atom. The number of hydrogen-bond donors (Lipinski definition) is 1. The standard InChI is InChI=1S/C22H16N4O4/c1-30-15-8-6-14(7-9-15)20-12-17(16-4-2-3-5-18(16)24-20)22(27)25-19-10-11-23-13-21(19)26(28)29/h2-13H,1H3,(H,23,25,27). The molecule has 0 bridgehead atoms. The first kappa shape index (κ1) is 19.0. The predicted octanol–water partition coefficient (Wildman–Crippen LogP) is 4.47. The zero-order valence-electron chi connectivity index (χ0n) is 15.9. The summed E-state index contributed by atoms with van der Waals surface area (Å²) in [5, 5.41) is 14.5. The molecule has 0 aliphatic rings. The highest BCUT2D eigenvalue weighted by atomic mass is 16.6. The van der Waals surface area contributed by atoms with Gasteiger partial charge in [0.05, 0.1) is 28.8 Å². The number of rotatable bonds is 5. The summed E-state index contributed by atoms with van der Waals surface area (Å²) in [5.41, 5.74) is 2.21. The lowest BCUT2D eigenvalue weighted by Crippen LogP contribution is -2.14. The van der Waals surface area contributed by atoms with Crippen LogP contribution >= 0.6 is 0 Å². The quantitative estimate of drug-likeness (QED) is 0.391. The first-order chi connectivity index (χ1) is 14.6. The number of nitro groups is 1. The number of fused-ring (bicyclic) bond motifs is 1. The van der Waals surface area contributed by atoms with E-state index in [0.29, 0.717) is 27.9 Å². The van der Waals surface area contributed by atoms with Crippen molar-refractivity contribution in [2.45, 2.75) is 0 Å². The van der Waals surface area contributed by atoms with Gasteiger partial charge in [0.1, 0.15) is 17.6 Å². The number of para-hydroxylation sites is 1. The van der Waals surface area contributed by atoms with Gasteiger partial charge in [-0.1, -0.05) is 18.2 Å². The first-order valence-electron chi connectivity index (χ1n) is 9.01. The Balaban J connectivity index is 1.79. The van der Waals surface area contributed by atoms with Gasteiger partial charge in [-0.05, 0) is 42.5 Å². The SMILES string of the molecule is COc1ccc(-c2cc(C(=O)Nc3ccncc3[N+](=O)[O-])c3ccccc3n2)cc1. The summed E-state index contributed by atoms with van der Waals surface area (Å²) < 4.78 is 5.19. The summed E-state index contributed by atoms with van der Waals surface area (Å²) in [6, 6.07) is 17.6. The van der Waals surface area contributed by atoms with E-state index in [1.54, 1.807) is 19.2 Å². The van der Waals surface area contributed by atoms with Gasteiger partial charge in [0.2, 0.25) is 0 Å². The van der Waals surface area contributed by atoms with E-state index in [9.17, 15) is 14.9 Å². The zero-order chi connectivity index (χ0) is 21.1. The number of nitrogens with one attached hydrogen (secondary N) is 1. The third-order valence-corrected chi connectivity index (χ3v) is 4.59. The highest BCUT2D eigenvalue weighted by Gasteiger charge is 2.19. The number of methoxy groups -OCH3 is 1. The van der Waals surface area contributed by atoms with Crippen LogP contribution < -0.4 is 10.1 Å². The second-order valence-electron chi connectivity index (χ2n) is 6.40. The number of ether oxygens (including phenoxy) is 1. The molecule has 2 heterocycles. The number of hydrogen-bond acceptors (Lipinski definition) is 6. The molecular weight excluding hydrogens is 384 g/mol. The van der Waals surface area contributed by atoms with Crippen LogP contribution in [0.2, 0.25) is 0 Å². The Bertz CT molecular complexity index is 1260. The predicted molar refractivity (Wildman–Crippen MR) is 113 cm³/mol. The molecule has 8 nitrogen and oxygen atoms in total. The molecule has 0 fully saturated rings. The third-order valence-electron chi connectivity index (χ3n) is 4.59. The topological polar surface area (TPSA) is 107 Å². The maximum absolute atomic E-state index is 13.1. The Kier molecular flexibility index (Phi) is 5.04. The molecular formula is C22H16N4O4. The molecule has 2 aromatic carbocycles. The Morgan fingerprint density at radius 1 is 1.10 bits per heavy atom. The number of nitrogens with zero attached hydrogens (tertiary/aromatic N) is 3. The molecule has 148 valence electrons. The van der Waals surface area contributed by atoms with Gasteiger partial charge >= 0.3 is 5.69 Å².